The summed E-state index contributed by atoms with van der Waals surface area (Å²) in [4.78, 5) is 23.3. The second-order valence-electron chi connectivity index (χ2n) is 4.75. The number of rotatable bonds is 6. The van der Waals surface area contributed by atoms with Gasteiger partial charge in [-0.2, -0.15) is 5.10 Å². The molecular formula is C18H16FN3O2. The van der Waals surface area contributed by atoms with Crippen LogP contribution in [0.4, 0.5) is 4.39 Å². The van der Waals surface area contributed by atoms with E-state index in [1.165, 1.54) is 24.4 Å². The molecule has 2 rings (SSSR count). The molecule has 0 saturated carbocycles. The molecule has 0 aliphatic heterocycles. The Kier molecular flexibility index (Phi) is 6.40. The topological polar surface area (TPSA) is 70.6 Å². The van der Waals surface area contributed by atoms with Crippen molar-refractivity contribution in [2.45, 2.75) is 0 Å². The molecule has 5 nitrogen and oxygen atoms in total. The van der Waals surface area contributed by atoms with E-state index in [-0.39, 0.29) is 12.1 Å². The van der Waals surface area contributed by atoms with Crippen LogP contribution in [0.3, 0.4) is 0 Å². The van der Waals surface area contributed by atoms with E-state index >= 15 is 0 Å². The van der Waals surface area contributed by atoms with Crippen molar-refractivity contribution in [3.05, 3.63) is 77.6 Å². The summed E-state index contributed by atoms with van der Waals surface area (Å²) >= 11 is 0. The minimum Gasteiger partial charge on any atom is -0.343 e. The molecule has 0 unspecified atom stereocenters. The number of hydrogen-bond acceptors (Lipinski definition) is 3. The average molecular weight is 325 g/mol. The number of benzene rings is 2. The molecular weight excluding hydrogens is 309 g/mol. The van der Waals surface area contributed by atoms with Crippen LogP contribution in [0.15, 0.2) is 65.8 Å². The third-order valence-corrected chi connectivity index (χ3v) is 2.97. The average Bonchev–Trinajstić information content (AvgIpc) is 2.60. The number of amides is 2. The summed E-state index contributed by atoms with van der Waals surface area (Å²) in [6.07, 6.45) is 4.92. The number of carbonyl (C=O) groups excluding carboxylic acids is 2. The lowest BCUT2D eigenvalue weighted by atomic mass is 10.2. The summed E-state index contributed by atoms with van der Waals surface area (Å²) in [7, 11) is 0. The Bertz CT molecular complexity index is 758. The van der Waals surface area contributed by atoms with E-state index in [4.69, 9.17) is 0 Å². The van der Waals surface area contributed by atoms with Crippen molar-refractivity contribution in [3.8, 4) is 0 Å². The van der Waals surface area contributed by atoms with Crippen molar-refractivity contribution in [1.82, 2.24) is 10.7 Å². The minimum atomic E-state index is -0.656. The highest BCUT2D eigenvalue weighted by Crippen LogP contribution is 2.05. The Balaban J connectivity index is 1.73. The Labute approximate surface area is 138 Å². The second-order valence-corrected chi connectivity index (χ2v) is 4.75. The molecule has 0 aliphatic carbocycles. The van der Waals surface area contributed by atoms with Crippen LogP contribution in [0.1, 0.15) is 15.9 Å². The first-order valence-electron chi connectivity index (χ1n) is 7.23. The van der Waals surface area contributed by atoms with Gasteiger partial charge in [0.15, 0.2) is 0 Å². The van der Waals surface area contributed by atoms with Gasteiger partial charge < -0.3 is 5.32 Å². The lowest BCUT2D eigenvalue weighted by molar-refractivity contribution is -0.120. The van der Waals surface area contributed by atoms with Gasteiger partial charge in [-0.3, -0.25) is 9.59 Å². The molecule has 24 heavy (non-hydrogen) atoms. The van der Waals surface area contributed by atoms with Crippen molar-refractivity contribution >= 4 is 24.1 Å². The van der Waals surface area contributed by atoms with E-state index in [9.17, 15) is 14.0 Å². The Morgan fingerprint density at radius 2 is 1.75 bits per heavy atom. The minimum absolute atomic E-state index is 0.111. The van der Waals surface area contributed by atoms with Gasteiger partial charge >= 0.3 is 0 Å². The Hall–Kier alpha value is -3.28. The van der Waals surface area contributed by atoms with Gasteiger partial charge in [0.2, 0.25) is 0 Å². The third kappa shape index (κ3) is 5.49. The molecule has 0 fully saturated rings. The van der Waals surface area contributed by atoms with Crippen molar-refractivity contribution in [3.63, 3.8) is 0 Å². The van der Waals surface area contributed by atoms with Gasteiger partial charge in [-0.1, -0.05) is 48.5 Å². The normalized spacial score (nSPS) is 10.9. The number of halogens is 1. The van der Waals surface area contributed by atoms with Crippen LogP contribution >= 0.6 is 0 Å². The summed E-state index contributed by atoms with van der Waals surface area (Å²) in [6, 6.07) is 15.2. The molecule has 0 aromatic heterocycles. The zero-order valence-corrected chi connectivity index (χ0v) is 12.8. The zero-order valence-electron chi connectivity index (χ0n) is 12.8. The Morgan fingerprint density at radius 3 is 2.50 bits per heavy atom. The van der Waals surface area contributed by atoms with Gasteiger partial charge in [-0.25, -0.2) is 9.82 Å². The highest BCUT2D eigenvalue weighted by Gasteiger charge is 2.11. The van der Waals surface area contributed by atoms with Crippen LogP contribution < -0.4 is 10.7 Å². The monoisotopic (exact) mass is 325 g/mol. The maximum absolute atomic E-state index is 13.4. The molecule has 0 spiro atoms. The quantitative estimate of drug-likeness (QED) is 0.632. The maximum Gasteiger partial charge on any atom is 0.259 e. The van der Waals surface area contributed by atoms with Crippen LogP contribution in [-0.4, -0.2) is 24.6 Å². The van der Waals surface area contributed by atoms with Crippen LogP contribution in [-0.2, 0) is 4.79 Å². The largest absolute Gasteiger partial charge is 0.343 e. The lowest BCUT2D eigenvalue weighted by Gasteiger charge is -2.04. The molecule has 2 amide bonds. The first kappa shape index (κ1) is 17.1. The zero-order chi connectivity index (χ0) is 17.2. The van der Waals surface area contributed by atoms with E-state index in [1.54, 1.807) is 12.1 Å². The van der Waals surface area contributed by atoms with Crippen LogP contribution in [0.5, 0.6) is 0 Å². The standard InChI is InChI=1S/C18H16FN3O2/c19-16-11-5-4-10-15(16)18(24)20-13-17(23)22-21-12-6-9-14-7-2-1-3-8-14/h1-12H,13H2,(H,20,24)(H,22,23). The van der Waals surface area contributed by atoms with Gasteiger partial charge in [-0.15, -0.1) is 0 Å². The molecule has 122 valence electrons. The first-order chi connectivity index (χ1) is 11.7. The van der Waals surface area contributed by atoms with Gasteiger partial charge in [0.1, 0.15) is 5.82 Å². The third-order valence-electron chi connectivity index (χ3n) is 2.97. The van der Waals surface area contributed by atoms with Crippen molar-refractivity contribution in [2.75, 3.05) is 6.54 Å². The number of allylic oxidation sites excluding steroid dienone is 1. The summed E-state index contributed by atoms with van der Waals surface area (Å²) in [6.45, 7) is -0.299. The predicted octanol–water partition coefficient (Wildman–Crippen LogP) is 2.37. The molecule has 0 heterocycles. The maximum atomic E-state index is 13.4. The summed E-state index contributed by atoms with van der Waals surface area (Å²) in [5.74, 6) is -1.81. The molecule has 0 saturated heterocycles. The van der Waals surface area contributed by atoms with Crippen LogP contribution in [0.25, 0.3) is 6.08 Å². The smallest absolute Gasteiger partial charge is 0.259 e. The highest BCUT2D eigenvalue weighted by atomic mass is 19.1. The van der Waals surface area contributed by atoms with Crippen LogP contribution in [0.2, 0.25) is 0 Å². The molecule has 0 aliphatic rings. The molecule has 2 aromatic carbocycles. The summed E-state index contributed by atoms with van der Waals surface area (Å²) in [5.41, 5.74) is 3.16. The van der Waals surface area contributed by atoms with Crippen LogP contribution in [0, 0.1) is 5.82 Å². The predicted molar refractivity (Wildman–Crippen MR) is 90.8 cm³/mol. The van der Waals surface area contributed by atoms with Gasteiger partial charge in [0, 0.05) is 6.21 Å². The second kappa shape index (κ2) is 8.99. The lowest BCUT2D eigenvalue weighted by Crippen LogP contribution is -2.35. The van der Waals surface area contributed by atoms with E-state index in [2.05, 4.69) is 15.8 Å². The molecule has 0 radical (unpaired) electrons. The fraction of sp³-hybridized carbons (Fsp3) is 0.0556. The first-order valence-corrected chi connectivity index (χ1v) is 7.23. The summed E-state index contributed by atoms with van der Waals surface area (Å²) in [5, 5.41) is 6.04. The number of hydrazone groups is 1. The fourth-order valence-corrected chi connectivity index (χ4v) is 1.81. The van der Waals surface area contributed by atoms with Crippen molar-refractivity contribution in [2.24, 2.45) is 5.10 Å². The number of nitrogens with zero attached hydrogens (tertiary/aromatic N) is 1. The fourth-order valence-electron chi connectivity index (χ4n) is 1.81. The van der Waals surface area contributed by atoms with E-state index < -0.39 is 17.6 Å². The molecule has 6 heteroatoms. The molecule has 2 N–H and O–H groups in total. The van der Waals surface area contributed by atoms with Crippen molar-refractivity contribution in [1.29, 1.82) is 0 Å². The molecule has 0 bridgehead atoms. The highest BCUT2D eigenvalue weighted by molar-refractivity contribution is 5.96. The van der Waals surface area contributed by atoms with E-state index in [0.29, 0.717) is 0 Å². The van der Waals surface area contributed by atoms with Crippen molar-refractivity contribution < 1.29 is 14.0 Å². The number of carbonyl (C=O) groups is 2. The molecule has 2 aromatic rings. The Morgan fingerprint density at radius 1 is 1.04 bits per heavy atom. The van der Waals surface area contributed by atoms with Gasteiger partial charge in [0.25, 0.3) is 11.8 Å². The number of hydrogen-bond donors (Lipinski definition) is 2. The van der Waals surface area contributed by atoms with E-state index in [1.807, 2.05) is 36.4 Å². The summed E-state index contributed by atoms with van der Waals surface area (Å²) < 4.78 is 13.4. The SMILES string of the molecule is O=C(CNC(=O)c1ccccc1F)NN=CC=Cc1ccccc1. The number of nitrogens with one attached hydrogen (secondary N) is 2. The molecule has 0 atom stereocenters. The van der Waals surface area contributed by atoms with E-state index in [0.717, 1.165) is 5.56 Å². The van der Waals surface area contributed by atoms with Gasteiger partial charge in [-0.05, 0) is 23.8 Å². The van der Waals surface area contributed by atoms with Gasteiger partial charge in [0.05, 0.1) is 12.1 Å².